The minimum atomic E-state index is -1.17. The maximum atomic E-state index is 11.5. The fourth-order valence-electron chi connectivity index (χ4n) is 1.14. The summed E-state index contributed by atoms with van der Waals surface area (Å²) in [4.78, 5) is 32.0. The van der Waals surface area contributed by atoms with Gasteiger partial charge >= 0.3 is 12.0 Å². The predicted octanol–water partition coefficient (Wildman–Crippen LogP) is 1.95. The van der Waals surface area contributed by atoms with E-state index in [1.165, 1.54) is 25.1 Å². The number of urea groups is 1. The van der Waals surface area contributed by atoms with Gasteiger partial charge in [0, 0.05) is 16.6 Å². The van der Waals surface area contributed by atoms with Crippen LogP contribution < -0.4 is 10.6 Å². The first-order valence-corrected chi connectivity index (χ1v) is 5.85. The van der Waals surface area contributed by atoms with Crippen molar-refractivity contribution in [3.63, 3.8) is 0 Å². The number of non-ortho nitro benzene ring substituents is 1. The number of benzene rings is 1. The summed E-state index contributed by atoms with van der Waals surface area (Å²) in [5.74, 6) is -1.17. The Morgan fingerprint density at radius 2 is 2.11 bits per heavy atom. The number of nitrogens with one attached hydrogen (secondary N) is 2. The second kappa shape index (κ2) is 6.14. The van der Waals surface area contributed by atoms with Gasteiger partial charge in [0.2, 0.25) is 0 Å². The van der Waals surface area contributed by atoms with Gasteiger partial charge in [0.1, 0.15) is 6.04 Å². The number of anilines is 1. The number of halogens is 1. The quantitative estimate of drug-likeness (QED) is 0.575. The zero-order chi connectivity index (χ0) is 14.6. The van der Waals surface area contributed by atoms with E-state index in [0.29, 0.717) is 10.2 Å². The first-order valence-electron chi connectivity index (χ1n) is 5.05. The van der Waals surface area contributed by atoms with Crippen LogP contribution in [-0.2, 0) is 4.79 Å². The summed E-state index contributed by atoms with van der Waals surface area (Å²) in [5.41, 5.74) is 0.164. The Balaban J connectivity index is 2.75. The molecular weight excluding hydrogens is 322 g/mol. The van der Waals surface area contributed by atoms with Gasteiger partial charge in [-0.25, -0.2) is 4.79 Å². The first-order chi connectivity index (χ1) is 8.81. The second-order valence-corrected chi connectivity index (χ2v) is 4.43. The molecule has 0 radical (unpaired) electrons. The lowest BCUT2D eigenvalue weighted by molar-refractivity contribution is -0.384. The monoisotopic (exact) mass is 331 g/mol. The highest BCUT2D eigenvalue weighted by Crippen LogP contribution is 2.26. The zero-order valence-corrected chi connectivity index (χ0v) is 11.3. The van der Waals surface area contributed by atoms with Gasteiger partial charge in [0.15, 0.2) is 0 Å². The molecule has 0 aliphatic carbocycles. The predicted molar refractivity (Wildman–Crippen MR) is 70.0 cm³/mol. The fourth-order valence-corrected chi connectivity index (χ4v) is 1.60. The molecule has 19 heavy (non-hydrogen) atoms. The number of amides is 2. The Morgan fingerprint density at radius 3 is 2.58 bits per heavy atom. The molecule has 0 unspecified atom stereocenters. The van der Waals surface area contributed by atoms with Crippen LogP contribution in [0.1, 0.15) is 6.92 Å². The van der Waals surface area contributed by atoms with E-state index in [4.69, 9.17) is 5.11 Å². The van der Waals surface area contributed by atoms with E-state index in [1.54, 1.807) is 0 Å². The number of rotatable bonds is 4. The van der Waals surface area contributed by atoms with Gasteiger partial charge in [0.05, 0.1) is 10.6 Å². The van der Waals surface area contributed by atoms with Crippen molar-refractivity contribution in [1.82, 2.24) is 5.32 Å². The smallest absolute Gasteiger partial charge is 0.325 e. The van der Waals surface area contributed by atoms with E-state index < -0.39 is 23.0 Å². The molecule has 9 heteroatoms. The van der Waals surface area contributed by atoms with Crippen LogP contribution in [0.5, 0.6) is 0 Å². The summed E-state index contributed by atoms with van der Waals surface area (Å²) >= 11 is 3.08. The van der Waals surface area contributed by atoms with E-state index in [0.717, 1.165) is 0 Å². The number of nitro groups is 1. The summed E-state index contributed by atoms with van der Waals surface area (Å²) in [5, 5.41) is 23.7. The van der Waals surface area contributed by atoms with Crippen LogP contribution in [0.25, 0.3) is 0 Å². The Hall–Kier alpha value is -2.16. The molecule has 0 spiro atoms. The third kappa shape index (κ3) is 4.21. The number of carbonyl (C=O) groups is 2. The van der Waals surface area contributed by atoms with Gasteiger partial charge in [-0.15, -0.1) is 0 Å². The van der Waals surface area contributed by atoms with Crippen molar-refractivity contribution < 1.29 is 19.6 Å². The van der Waals surface area contributed by atoms with Crippen LogP contribution in [-0.4, -0.2) is 28.1 Å². The summed E-state index contributed by atoms with van der Waals surface area (Å²) in [7, 11) is 0. The van der Waals surface area contributed by atoms with Gasteiger partial charge in [-0.2, -0.15) is 0 Å². The van der Waals surface area contributed by atoms with Crippen LogP contribution >= 0.6 is 15.9 Å². The van der Waals surface area contributed by atoms with Crippen molar-refractivity contribution in [2.24, 2.45) is 0 Å². The van der Waals surface area contributed by atoms with Gasteiger partial charge in [0.25, 0.3) is 5.69 Å². The Morgan fingerprint density at radius 1 is 1.47 bits per heavy atom. The third-order valence-corrected chi connectivity index (χ3v) is 2.79. The largest absolute Gasteiger partial charge is 0.480 e. The summed E-state index contributed by atoms with van der Waals surface area (Å²) in [6.07, 6.45) is 0. The van der Waals surface area contributed by atoms with Crippen molar-refractivity contribution in [2.75, 3.05) is 5.32 Å². The second-order valence-electron chi connectivity index (χ2n) is 3.58. The maximum absolute atomic E-state index is 11.5. The topological polar surface area (TPSA) is 122 Å². The molecule has 8 nitrogen and oxygen atoms in total. The number of nitro benzene ring substituents is 1. The van der Waals surface area contributed by atoms with E-state index >= 15 is 0 Å². The van der Waals surface area contributed by atoms with E-state index in [2.05, 4.69) is 26.6 Å². The lowest BCUT2D eigenvalue weighted by Gasteiger charge is -2.11. The molecule has 1 rings (SSSR count). The number of nitrogens with zero attached hydrogens (tertiary/aromatic N) is 1. The van der Waals surface area contributed by atoms with Gasteiger partial charge in [-0.3, -0.25) is 14.9 Å². The summed E-state index contributed by atoms with van der Waals surface area (Å²) in [6, 6.07) is 2.03. The van der Waals surface area contributed by atoms with E-state index in [9.17, 15) is 19.7 Å². The SMILES string of the molecule is C[C@H](NC(=O)Nc1ccc([N+](=O)[O-])cc1Br)C(=O)O. The molecule has 1 atom stereocenters. The van der Waals surface area contributed by atoms with Crippen molar-refractivity contribution in [1.29, 1.82) is 0 Å². The van der Waals surface area contributed by atoms with E-state index in [-0.39, 0.29) is 5.69 Å². The molecule has 0 bridgehead atoms. The average molecular weight is 332 g/mol. The Labute approximate surface area is 116 Å². The van der Waals surface area contributed by atoms with Crippen LogP contribution in [0.4, 0.5) is 16.2 Å². The zero-order valence-electron chi connectivity index (χ0n) is 9.71. The highest BCUT2D eigenvalue weighted by atomic mass is 79.9. The normalized spacial score (nSPS) is 11.5. The van der Waals surface area contributed by atoms with Gasteiger partial charge in [-0.1, -0.05) is 0 Å². The van der Waals surface area contributed by atoms with Crippen molar-refractivity contribution in [2.45, 2.75) is 13.0 Å². The highest BCUT2D eigenvalue weighted by molar-refractivity contribution is 9.10. The molecule has 3 N–H and O–H groups in total. The molecule has 0 aliphatic rings. The Kier molecular flexibility index (Phi) is 4.81. The van der Waals surface area contributed by atoms with Crippen molar-refractivity contribution in [3.8, 4) is 0 Å². The van der Waals surface area contributed by atoms with Crippen molar-refractivity contribution >= 4 is 39.3 Å². The number of hydrogen-bond donors (Lipinski definition) is 3. The minimum Gasteiger partial charge on any atom is -0.480 e. The molecule has 0 heterocycles. The molecule has 0 aliphatic heterocycles. The van der Waals surface area contributed by atoms with Crippen LogP contribution in [0.15, 0.2) is 22.7 Å². The van der Waals surface area contributed by atoms with Crippen molar-refractivity contribution in [3.05, 3.63) is 32.8 Å². The fraction of sp³-hybridized carbons (Fsp3) is 0.200. The molecule has 1 aromatic rings. The first kappa shape index (κ1) is 14.9. The summed E-state index contributed by atoms with van der Waals surface area (Å²) in [6.45, 7) is 1.31. The molecule has 102 valence electrons. The lowest BCUT2D eigenvalue weighted by atomic mass is 10.3. The van der Waals surface area contributed by atoms with Gasteiger partial charge < -0.3 is 15.7 Å². The molecule has 2 amide bonds. The van der Waals surface area contributed by atoms with Gasteiger partial charge in [-0.05, 0) is 28.9 Å². The standard InChI is InChI=1S/C10H10BrN3O5/c1-5(9(15)16)12-10(17)13-8-3-2-6(14(18)19)4-7(8)11/h2-5H,1H3,(H,15,16)(H2,12,13,17)/t5-/m0/s1. The number of carboxylic acid groups (broad SMARTS) is 1. The molecule has 1 aromatic carbocycles. The van der Waals surface area contributed by atoms with E-state index in [1.807, 2.05) is 0 Å². The highest BCUT2D eigenvalue weighted by Gasteiger charge is 2.15. The third-order valence-electron chi connectivity index (χ3n) is 2.13. The molecular formula is C10H10BrN3O5. The number of hydrogen-bond acceptors (Lipinski definition) is 4. The summed E-state index contributed by atoms with van der Waals surface area (Å²) < 4.78 is 0.319. The maximum Gasteiger partial charge on any atom is 0.325 e. The molecule has 0 saturated heterocycles. The number of carboxylic acids is 1. The number of aliphatic carboxylic acids is 1. The number of carbonyl (C=O) groups excluding carboxylic acids is 1. The van der Waals surface area contributed by atoms with Crippen LogP contribution in [0.2, 0.25) is 0 Å². The molecule has 0 fully saturated rings. The van der Waals surface area contributed by atoms with Crippen LogP contribution in [0, 0.1) is 10.1 Å². The lowest BCUT2D eigenvalue weighted by Crippen LogP contribution is -2.40. The van der Waals surface area contributed by atoms with Crippen LogP contribution in [0.3, 0.4) is 0 Å². The Bertz CT molecular complexity index is 534. The molecule has 0 aromatic heterocycles. The average Bonchev–Trinajstić information content (AvgIpc) is 2.31. The molecule has 0 saturated carbocycles. The minimum absolute atomic E-state index is 0.128.